The zero-order chi connectivity index (χ0) is 24.6. The average Bonchev–Trinajstić information content (AvgIpc) is 3.08. The summed E-state index contributed by atoms with van der Waals surface area (Å²) in [6.45, 7) is 4.81. The van der Waals surface area contributed by atoms with Gasteiger partial charge in [-0.15, -0.1) is 4.52 Å². The van der Waals surface area contributed by atoms with Gasteiger partial charge in [0.1, 0.15) is 37.2 Å². The van der Waals surface area contributed by atoms with E-state index in [9.17, 15) is 32.4 Å². The van der Waals surface area contributed by atoms with Gasteiger partial charge in [0.15, 0.2) is 0 Å². The van der Waals surface area contributed by atoms with Crippen molar-refractivity contribution in [2.45, 2.75) is 64.3 Å². The molecule has 15 heteroatoms. The van der Waals surface area contributed by atoms with Crippen LogP contribution in [0.1, 0.15) is 45.4 Å². The van der Waals surface area contributed by atoms with Gasteiger partial charge in [0.2, 0.25) is 0 Å². The molecule has 2 unspecified atom stereocenters. The summed E-state index contributed by atoms with van der Waals surface area (Å²) in [6, 6.07) is 0. The standard InChI is InChI=1S/C18H24F3N2O9P/c1-9(2)30-16(25)10(3)4-5-28-33(27)29-8-13-12(32-33)6-14(31-13)23-7-11(18(19,20)21)15(24)22-17(23)26/h7,9-10,12-14,27H,4-6,8H2,1-3H3/p+1/t10?,12-,13+,14+,33?/m0/s1. The molecule has 0 spiro atoms. The Hall–Kier alpha value is -1.83. The number of alkyl halides is 3. The topological polar surface area (TPSA) is 138 Å². The number of esters is 1. The molecule has 11 nitrogen and oxygen atoms in total. The van der Waals surface area contributed by atoms with Gasteiger partial charge in [-0.25, -0.2) is 4.79 Å². The van der Waals surface area contributed by atoms with Crippen LogP contribution in [0.15, 0.2) is 15.8 Å². The molecule has 0 aliphatic carbocycles. The Kier molecular flexibility index (Phi) is 7.66. The normalized spacial score (nSPS) is 28.5. The zero-order valence-electron chi connectivity index (χ0n) is 18.0. The maximum Gasteiger partial charge on any atom is 0.573 e. The molecule has 1 aromatic rings. The first-order chi connectivity index (χ1) is 15.3. The van der Waals surface area contributed by atoms with Crippen LogP contribution in [0.5, 0.6) is 0 Å². The lowest BCUT2D eigenvalue weighted by Gasteiger charge is -2.26. The lowest BCUT2D eigenvalue weighted by molar-refractivity contribution is -0.152. The van der Waals surface area contributed by atoms with Crippen LogP contribution in [0.2, 0.25) is 0 Å². The molecule has 0 bridgehead atoms. The lowest BCUT2D eigenvalue weighted by atomic mass is 10.1. The second-order valence-electron chi connectivity index (χ2n) is 7.99. The van der Waals surface area contributed by atoms with Gasteiger partial charge >= 0.3 is 26.0 Å². The molecule has 2 fully saturated rings. The number of ether oxygens (including phenoxy) is 2. The number of nitrogens with zero attached hydrogens (tertiary/aromatic N) is 1. The van der Waals surface area contributed by atoms with Crippen LogP contribution in [0, 0.1) is 5.92 Å². The molecule has 3 rings (SSSR count). The minimum Gasteiger partial charge on any atom is -0.463 e. The Morgan fingerprint density at radius 1 is 1.33 bits per heavy atom. The predicted molar refractivity (Wildman–Crippen MR) is 106 cm³/mol. The molecule has 186 valence electrons. The van der Waals surface area contributed by atoms with Gasteiger partial charge < -0.3 is 9.47 Å². The summed E-state index contributed by atoms with van der Waals surface area (Å²) in [7, 11) is -3.78. The van der Waals surface area contributed by atoms with E-state index in [4.69, 9.17) is 23.0 Å². The fourth-order valence-corrected chi connectivity index (χ4v) is 4.71. The number of H-pyrrole nitrogens is 1. The smallest absolute Gasteiger partial charge is 0.463 e. The third-order valence-electron chi connectivity index (χ3n) is 4.99. The maximum absolute atomic E-state index is 13.0. The van der Waals surface area contributed by atoms with E-state index >= 15 is 0 Å². The van der Waals surface area contributed by atoms with E-state index in [2.05, 4.69) is 0 Å². The highest BCUT2D eigenvalue weighted by molar-refractivity contribution is 7.55. The second-order valence-corrected chi connectivity index (χ2v) is 9.65. The quantitative estimate of drug-likeness (QED) is 0.424. The fraction of sp³-hybridized carbons (Fsp3) is 0.722. The van der Waals surface area contributed by atoms with E-state index in [-0.39, 0.29) is 32.2 Å². The van der Waals surface area contributed by atoms with E-state index in [1.54, 1.807) is 25.8 Å². The zero-order valence-corrected chi connectivity index (χ0v) is 18.9. The monoisotopic (exact) mass is 501 g/mol. The van der Waals surface area contributed by atoms with Crippen LogP contribution in [0.4, 0.5) is 13.2 Å². The number of carbonyl (C=O) groups is 1. The highest BCUT2D eigenvalue weighted by atomic mass is 31.2. The van der Waals surface area contributed by atoms with Crippen molar-refractivity contribution in [1.82, 2.24) is 9.55 Å². The summed E-state index contributed by atoms with van der Waals surface area (Å²) >= 11 is 0. The summed E-state index contributed by atoms with van der Waals surface area (Å²) < 4.78 is 66.5. The average molecular weight is 501 g/mol. The SMILES string of the molecule is CC(C)OC(=O)C(C)CCO[P+]1(O)OC[C@H]2O[C@@H](n3cc(C(F)(F)F)c(=O)[nH]c3=O)C[C@@H]2O1. The molecule has 1 aromatic heterocycles. The number of hydrogen-bond acceptors (Lipinski definition) is 9. The lowest BCUT2D eigenvalue weighted by Crippen LogP contribution is -2.36. The van der Waals surface area contributed by atoms with Crippen LogP contribution in [0.25, 0.3) is 0 Å². The summed E-state index contributed by atoms with van der Waals surface area (Å²) in [6.07, 6.45) is -7.53. The summed E-state index contributed by atoms with van der Waals surface area (Å²) in [5, 5.41) is 0. The molecule has 0 radical (unpaired) electrons. The van der Waals surface area contributed by atoms with Gasteiger partial charge in [0.25, 0.3) is 5.56 Å². The summed E-state index contributed by atoms with van der Waals surface area (Å²) in [5.41, 5.74) is -4.18. The summed E-state index contributed by atoms with van der Waals surface area (Å²) in [5.74, 6) is -0.910. The minimum atomic E-state index is -4.97. The van der Waals surface area contributed by atoms with Gasteiger partial charge in [-0.2, -0.15) is 27.1 Å². The molecule has 0 aromatic carbocycles. The van der Waals surface area contributed by atoms with E-state index in [1.807, 2.05) is 0 Å². The van der Waals surface area contributed by atoms with Gasteiger partial charge in [-0.1, -0.05) is 6.92 Å². The van der Waals surface area contributed by atoms with Gasteiger partial charge in [0.05, 0.1) is 12.0 Å². The van der Waals surface area contributed by atoms with Crippen molar-refractivity contribution < 1.29 is 45.9 Å². The van der Waals surface area contributed by atoms with Crippen LogP contribution in [-0.4, -0.2) is 51.9 Å². The van der Waals surface area contributed by atoms with Crippen molar-refractivity contribution in [2.24, 2.45) is 5.92 Å². The Morgan fingerprint density at radius 2 is 2.03 bits per heavy atom. The molecule has 2 aliphatic rings. The minimum absolute atomic E-state index is 0.0748. The highest BCUT2D eigenvalue weighted by Gasteiger charge is 2.58. The first-order valence-electron chi connectivity index (χ1n) is 10.2. The Morgan fingerprint density at radius 3 is 2.67 bits per heavy atom. The van der Waals surface area contributed by atoms with E-state index < -0.39 is 61.5 Å². The molecule has 3 heterocycles. The first-order valence-corrected chi connectivity index (χ1v) is 11.7. The molecule has 0 amide bonds. The number of halogens is 3. The number of hydrogen-bond donors (Lipinski definition) is 2. The number of aromatic amines is 1. The Balaban J connectivity index is 1.61. The molecule has 33 heavy (non-hydrogen) atoms. The predicted octanol–water partition coefficient (Wildman–Crippen LogP) is 1.92. The third-order valence-corrected chi connectivity index (χ3v) is 6.52. The molecule has 0 saturated carbocycles. The number of fused-ring (bicyclic) bond motifs is 1. The maximum atomic E-state index is 13.0. The van der Waals surface area contributed by atoms with E-state index in [1.165, 1.54) is 0 Å². The van der Waals surface area contributed by atoms with Crippen LogP contribution in [0.3, 0.4) is 0 Å². The second kappa shape index (κ2) is 9.80. The third kappa shape index (κ3) is 6.19. The number of nitrogens with one attached hydrogen (secondary N) is 1. The van der Waals surface area contributed by atoms with E-state index in [0.29, 0.717) is 10.8 Å². The van der Waals surface area contributed by atoms with Crippen LogP contribution in [-0.2, 0) is 34.0 Å². The van der Waals surface area contributed by atoms with Crippen molar-refractivity contribution in [1.29, 1.82) is 0 Å². The van der Waals surface area contributed by atoms with Crippen LogP contribution >= 0.6 is 8.17 Å². The molecular weight excluding hydrogens is 476 g/mol. The van der Waals surface area contributed by atoms with Gasteiger partial charge in [-0.3, -0.25) is 19.1 Å². The van der Waals surface area contributed by atoms with Gasteiger partial charge in [0, 0.05) is 12.6 Å². The van der Waals surface area contributed by atoms with Crippen molar-refractivity contribution in [3.63, 3.8) is 0 Å². The van der Waals surface area contributed by atoms with Crippen LogP contribution < -0.4 is 11.2 Å². The first kappa shape index (κ1) is 25.8. The largest absolute Gasteiger partial charge is 0.573 e. The molecule has 2 aliphatic heterocycles. The molecular formula is C18H25F3N2O9P+. The number of rotatable bonds is 7. The number of aromatic nitrogens is 2. The fourth-order valence-electron chi connectivity index (χ4n) is 3.28. The van der Waals surface area contributed by atoms with Crippen molar-refractivity contribution >= 4 is 14.1 Å². The molecule has 5 atom stereocenters. The molecule has 2 saturated heterocycles. The van der Waals surface area contributed by atoms with Gasteiger partial charge in [-0.05, 0) is 20.3 Å². The van der Waals surface area contributed by atoms with Crippen molar-refractivity contribution in [3.05, 3.63) is 32.6 Å². The number of carbonyl (C=O) groups excluding carboxylic acids is 1. The van der Waals surface area contributed by atoms with Crippen molar-refractivity contribution in [2.75, 3.05) is 13.2 Å². The summed E-state index contributed by atoms with van der Waals surface area (Å²) in [4.78, 5) is 47.5. The van der Waals surface area contributed by atoms with Crippen molar-refractivity contribution in [3.8, 4) is 0 Å². The van der Waals surface area contributed by atoms with E-state index in [0.717, 1.165) is 0 Å². The molecule has 2 N–H and O–H groups in total. The Bertz CT molecular complexity index is 982. The highest BCUT2D eigenvalue weighted by Crippen LogP contribution is 2.63. The Labute approximate surface area is 186 Å².